The second-order valence-electron chi connectivity index (χ2n) is 7.06. The van der Waals surface area contributed by atoms with Crippen molar-refractivity contribution in [1.82, 2.24) is 14.8 Å². The Balaban J connectivity index is 1.24. The van der Waals surface area contributed by atoms with Gasteiger partial charge < -0.3 is 9.64 Å². The smallest absolute Gasteiger partial charge is 0.260 e. The molecular formula is C20H22FN3O3S. The first-order chi connectivity index (χ1) is 13.6. The van der Waals surface area contributed by atoms with Crippen LogP contribution in [0.3, 0.4) is 0 Å². The van der Waals surface area contributed by atoms with E-state index in [1.54, 1.807) is 4.90 Å². The lowest BCUT2D eigenvalue weighted by molar-refractivity contribution is -0.135. The molecule has 0 atom stereocenters. The number of hydrogen-bond donors (Lipinski definition) is 0. The average molecular weight is 403 g/mol. The molecule has 0 saturated carbocycles. The number of Topliss-reactive ketones (excluding diaryl/α,β-unsaturated/α-hetero) is 1. The number of nitrogens with zero attached hydrogens (tertiary/aromatic N) is 3. The van der Waals surface area contributed by atoms with Crippen LogP contribution < -0.4 is 4.74 Å². The van der Waals surface area contributed by atoms with Gasteiger partial charge in [0.1, 0.15) is 16.6 Å². The number of thiazole rings is 1. The first kappa shape index (κ1) is 19.0. The zero-order chi connectivity index (χ0) is 19.5. The van der Waals surface area contributed by atoms with Gasteiger partial charge in [-0.15, -0.1) is 11.3 Å². The van der Waals surface area contributed by atoms with Crippen molar-refractivity contribution < 1.29 is 18.7 Å². The van der Waals surface area contributed by atoms with E-state index in [0.717, 1.165) is 48.1 Å². The summed E-state index contributed by atoms with van der Waals surface area (Å²) in [5.74, 6) is 0.303. The van der Waals surface area contributed by atoms with Crippen molar-refractivity contribution >= 4 is 23.0 Å². The van der Waals surface area contributed by atoms with Crippen molar-refractivity contribution in [2.45, 2.75) is 25.8 Å². The van der Waals surface area contributed by atoms with Crippen molar-refractivity contribution in [3.8, 4) is 5.75 Å². The molecule has 0 radical (unpaired) electrons. The van der Waals surface area contributed by atoms with Gasteiger partial charge in [-0.2, -0.15) is 0 Å². The second kappa shape index (κ2) is 8.36. The number of ketones is 1. The zero-order valence-electron chi connectivity index (χ0n) is 15.5. The van der Waals surface area contributed by atoms with Crippen molar-refractivity contribution in [3.05, 3.63) is 45.7 Å². The van der Waals surface area contributed by atoms with Gasteiger partial charge >= 0.3 is 0 Å². The Morgan fingerprint density at radius 1 is 1.14 bits per heavy atom. The van der Waals surface area contributed by atoms with Crippen LogP contribution in [0.2, 0.25) is 0 Å². The van der Waals surface area contributed by atoms with Gasteiger partial charge in [-0.05, 0) is 37.1 Å². The molecule has 6 nitrogen and oxygen atoms in total. The molecule has 1 fully saturated rings. The standard InChI is InChI=1S/C20H22FN3O3S/c21-14-4-6-15(7-5-14)27-13-19(26)24-10-8-23(9-11-24)12-18-22-16-2-1-3-17(25)20(16)28-18/h4-7H,1-3,8-13H2. The summed E-state index contributed by atoms with van der Waals surface area (Å²) in [5, 5.41) is 0.986. The highest BCUT2D eigenvalue weighted by Gasteiger charge is 2.25. The van der Waals surface area contributed by atoms with Crippen LogP contribution >= 0.6 is 11.3 Å². The molecule has 0 bridgehead atoms. The van der Waals surface area contributed by atoms with Crippen LogP contribution in [0.4, 0.5) is 4.39 Å². The lowest BCUT2D eigenvalue weighted by Crippen LogP contribution is -2.49. The van der Waals surface area contributed by atoms with Gasteiger partial charge in [-0.3, -0.25) is 14.5 Å². The SMILES string of the molecule is O=C1CCCc2nc(CN3CCN(C(=O)COc4ccc(F)cc4)CC3)sc21. The van der Waals surface area contributed by atoms with Crippen LogP contribution in [0.5, 0.6) is 5.75 Å². The fraction of sp³-hybridized carbons (Fsp3) is 0.450. The predicted octanol–water partition coefficient (Wildman–Crippen LogP) is 2.52. The number of piperazine rings is 1. The van der Waals surface area contributed by atoms with E-state index >= 15 is 0 Å². The molecule has 1 amide bonds. The van der Waals surface area contributed by atoms with E-state index in [9.17, 15) is 14.0 Å². The van der Waals surface area contributed by atoms with Gasteiger partial charge in [0.05, 0.1) is 17.1 Å². The van der Waals surface area contributed by atoms with Crippen molar-refractivity contribution in [3.63, 3.8) is 0 Å². The molecule has 148 valence electrons. The molecule has 1 aliphatic carbocycles. The Morgan fingerprint density at radius 2 is 1.89 bits per heavy atom. The number of rotatable bonds is 5. The monoisotopic (exact) mass is 403 g/mol. The lowest BCUT2D eigenvalue weighted by Gasteiger charge is -2.34. The zero-order valence-corrected chi connectivity index (χ0v) is 16.3. The van der Waals surface area contributed by atoms with E-state index in [4.69, 9.17) is 4.74 Å². The average Bonchev–Trinajstić information content (AvgIpc) is 3.12. The topological polar surface area (TPSA) is 62.7 Å². The number of carbonyl (C=O) groups is 2. The van der Waals surface area contributed by atoms with Crippen LogP contribution in [0.1, 0.15) is 33.2 Å². The number of benzene rings is 1. The van der Waals surface area contributed by atoms with Gasteiger partial charge in [0.25, 0.3) is 5.91 Å². The summed E-state index contributed by atoms with van der Waals surface area (Å²) in [4.78, 5) is 33.8. The van der Waals surface area contributed by atoms with Gasteiger partial charge in [0, 0.05) is 32.6 Å². The molecule has 8 heteroatoms. The number of aryl methyl sites for hydroxylation is 1. The molecule has 1 aromatic heterocycles. The highest BCUT2D eigenvalue weighted by atomic mass is 32.1. The molecule has 1 saturated heterocycles. The highest BCUT2D eigenvalue weighted by molar-refractivity contribution is 7.13. The Bertz CT molecular complexity index is 860. The van der Waals surface area contributed by atoms with Crippen LogP contribution in [0.15, 0.2) is 24.3 Å². The van der Waals surface area contributed by atoms with Crippen LogP contribution in [0.25, 0.3) is 0 Å². The normalized spacial score (nSPS) is 17.5. The number of halogens is 1. The van der Waals surface area contributed by atoms with E-state index < -0.39 is 0 Å². The molecule has 28 heavy (non-hydrogen) atoms. The molecule has 0 spiro atoms. The fourth-order valence-electron chi connectivity index (χ4n) is 3.50. The maximum Gasteiger partial charge on any atom is 0.260 e. The number of ether oxygens (including phenoxy) is 1. The number of aromatic nitrogens is 1. The summed E-state index contributed by atoms with van der Waals surface area (Å²) >= 11 is 1.52. The minimum atomic E-state index is -0.333. The maximum atomic E-state index is 12.9. The second-order valence-corrected chi connectivity index (χ2v) is 8.14. The van der Waals surface area contributed by atoms with Crippen LogP contribution in [0, 0.1) is 5.82 Å². The first-order valence-electron chi connectivity index (χ1n) is 9.49. The Morgan fingerprint density at radius 3 is 2.61 bits per heavy atom. The Hall–Kier alpha value is -2.32. The molecule has 1 aromatic carbocycles. The molecular weight excluding hydrogens is 381 g/mol. The van der Waals surface area contributed by atoms with Gasteiger partial charge in [-0.25, -0.2) is 9.37 Å². The molecule has 2 aliphatic rings. The highest BCUT2D eigenvalue weighted by Crippen LogP contribution is 2.27. The molecule has 4 rings (SSSR count). The van der Waals surface area contributed by atoms with Crippen LogP contribution in [-0.4, -0.2) is 59.3 Å². The number of carbonyl (C=O) groups excluding carboxylic acids is 2. The third kappa shape index (κ3) is 4.39. The van der Waals surface area contributed by atoms with E-state index in [-0.39, 0.29) is 24.1 Å². The summed E-state index contributed by atoms with van der Waals surface area (Å²) in [6.45, 7) is 3.47. The summed E-state index contributed by atoms with van der Waals surface area (Å²) < 4.78 is 18.3. The van der Waals surface area contributed by atoms with E-state index in [0.29, 0.717) is 25.3 Å². The molecule has 0 unspecified atom stereocenters. The van der Waals surface area contributed by atoms with Gasteiger partial charge in [0.15, 0.2) is 12.4 Å². The first-order valence-corrected chi connectivity index (χ1v) is 10.3. The summed E-state index contributed by atoms with van der Waals surface area (Å²) in [6.07, 6.45) is 2.43. The van der Waals surface area contributed by atoms with Crippen molar-refractivity contribution in [2.75, 3.05) is 32.8 Å². The summed E-state index contributed by atoms with van der Waals surface area (Å²) in [5.41, 5.74) is 0.961. The van der Waals surface area contributed by atoms with Crippen LogP contribution in [-0.2, 0) is 17.8 Å². The quantitative estimate of drug-likeness (QED) is 0.768. The van der Waals surface area contributed by atoms with Gasteiger partial charge in [0.2, 0.25) is 0 Å². The van der Waals surface area contributed by atoms with E-state index in [1.165, 1.54) is 35.6 Å². The maximum absolute atomic E-state index is 12.9. The summed E-state index contributed by atoms with van der Waals surface area (Å²) in [6, 6.07) is 5.64. The van der Waals surface area contributed by atoms with Crippen molar-refractivity contribution in [2.24, 2.45) is 0 Å². The van der Waals surface area contributed by atoms with Gasteiger partial charge in [-0.1, -0.05) is 0 Å². The molecule has 0 N–H and O–H groups in total. The van der Waals surface area contributed by atoms with Crippen molar-refractivity contribution in [1.29, 1.82) is 0 Å². The molecule has 2 aromatic rings. The minimum Gasteiger partial charge on any atom is -0.484 e. The largest absolute Gasteiger partial charge is 0.484 e. The number of amides is 1. The minimum absolute atomic E-state index is 0.0487. The van der Waals surface area contributed by atoms with E-state index in [2.05, 4.69) is 9.88 Å². The van der Waals surface area contributed by atoms with E-state index in [1.807, 2.05) is 0 Å². The fourth-order valence-corrected chi connectivity index (χ4v) is 4.62. The number of hydrogen-bond acceptors (Lipinski definition) is 6. The Kier molecular flexibility index (Phi) is 5.68. The summed E-state index contributed by atoms with van der Waals surface area (Å²) in [7, 11) is 0. The molecule has 1 aliphatic heterocycles. The predicted molar refractivity (Wildman–Crippen MR) is 103 cm³/mol. The third-order valence-electron chi connectivity index (χ3n) is 5.07. The lowest BCUT2D eigenvalue weighted by atomic mass is 10.0. The Labute approximate surface area is 166 Å². The number of fused-ring (bicyclic) bond motifs is 1. The molecule has 2 heterocycles. The third-order valence-corrected chi connectivity index (χ3v) is 6.20.